The Morgan fingerprint density at radius 3 is 0.714 bits per heavy atom. The van der Waals surface area contributed by atoms with E-state index >= 15 is 9.59 Å². The van der Waals surface area contributed by atoms with E-state index in [9.17, 15) is 0 Å². The van der Waals surface area contributed by atoms with Gasteiger partial charge in [0.25, 0.3) is 0 Å². The van der Waals surface area contributed by atoms with Gasteiger partial charge in [0, 0.05) is 16.8 Å². The standard InChI is InChI=1S/C72H11NO4/c1-76-69(74)67-68(70(75)77-2)73(8-6-4-3-5-7-8)72-65-59-53-43-31-23-15-11-9-10-13-17(15)25(31)35-29-21(13)22-14(10)18-16-12(9)20-19(11)27-33(23)41-47-37(27)38-28(20)34-24(16)32-26(18)36-30(22)40-39(29)51(45(35)53)61(65)62-52(40)46(36)54-44(32)50-42(34)48(38)56-55(47)63(57(59)49(41)43)71(67,72)64(56)58(50)60(54)66(62)72/h3-7H,1-2H3. The minimum Gasteiger partial charge on any atom is -0.466 e. The SMILES string of the molecule is COC(=O)C1=C(C(=O)OC)C23c4c5c6c7c8c9c(c%10c%11c2c2c4c4c%12c5c5c6c6c8c8c%13c9c9c%10c%10c%11c%11c2c2c4c4c%12c%12c5c5c6c8c6c8c%13c9c9c%10c%10c%11c2c2c4c4c%12c5c6c5c8c9c%10c2c45)C73N1c1ccccc1. The first-order valence-corrected chi connectivity index (χ1v) is 27.7. The fourth-order valence-corrected chi connectivity index (χ4v) is 26.0. The van der Waals surface area contributed by atoms with E-state index in [1.54, 1.807) is 61.0 Å². The summed E-state index contributed by atoms with van der Waals surface area (Å²) < 4.78 is 12.5. The summed E-state index contributed by atoms with van der Waals surface area (Å²) in [4.78, 5) is 34.8. The first kappa shape index (κ1) is 29.9. The van der Waals surface area contributed by atoms with Gasteiger partial charge in [-0.15, -0.1) is 0 Å². The van der Waals surface area contributed by atoms with Gasteiger partial charge in [0.05, 0.1) is 25.2 Å². The number of rotatable bonds is 3. The fourth-order valence-electron chi connectivity index (χ4n) is 26.0. The maximum atomic E-state index is 16.4. The Kier molecular flexibility index (Phi) is 2.70. The van der Waals surface area contributed by atoms with Crippen LogP contribution >= 0.6 is 0 Å². The molecule has 29 aromatic rings. The zero-order valence-electron chi connectivity index (χ0n) is 39.5. The van der Waals surface area contributed by atoms with Gasteiger partial charge in [-0.3, -0.25) is 0 Å². The Balaban J connectivity index is 1.14. The minimum atomic E-state index is -1.20. The topological polar surface area (TPSA) is 55.8 Å². The molecule has 0 saturated heterocycles. The first-order valence-electron chi connectivity index (χ1n) is 27.7. The Morgan fingerprint density at radius 1 is 0.286 bits per heavy atom. The molecule has 1 aliphatic heterocycles. The molecule has 0 bridgehead atoms. The lowest BCUT2D eigenvalue weighted by Gasteiger charge is -2.54. The van der Waals surface area contributed by atoms with Crippen LogP contribution in [-0.4, -0.2) is 26.2 Å². The number of carbonyl (C=O) groups excluding carboxylic acids is 2. The Hall–Kier alpha value is -9.84. The molecule has 328 valence electrons. The number of nitrogens with zero attached hydrogens (tertiary/aromatic N) is 1. The highest BCUT2D eigenvalue weighted by molar-refractivity contribution is 6.82. The lowest BCUT2D eigenvalue weighted by Crippen LogP contribution is -2.58. The zero-order chi connectivity index (χ0) is 46.9. The monoisotopic (exact) mass is 953 g/mol. The quantitative estimate of drug-likeness (QED) is 0.130. The molecule has 5 heteroatoms. The van der Waals surface area contributed by atoms with E-state index in [-0.39, 0.29) is 0 Å². The number of hydrogen-bond acceptors (Lipinski definition) is 5. The molecular formula is C72H11NO4. The van der Waals surface area contributed by atoms with Crippen molar-refractivity contribution in [1.82, 2.24) is 0 Å². The molecule has 77 heavy (non-hydrogen) atoms. The van der Waals surface area contributed by atoms with Gasteiger partial charge in [0.15, 0.2) is 0 Å². The number of methoxy groups -OCH3 is 2. The first-order chi connectivity index (χ1) is 38.2. The van der Waals surface area contributed by atoms with Crippen molar-refractivity contribution in [1.29, 1.82) is 0 Å². The van der Waals surface area contributed by atoms with Crippen LogP contribution in [0.15, 0.2) is 41.6 Å². The van der Waals surface area contributed by atoms with E-state index in [0.717, 1.165) is 5.69 Å². The van der Waals surface area contributed by atoms with Crippen LogP contribution in [0.5, 0.6) is 0 Å². The highest BCUT2D eigenvalue weighted by Crippen LogP contribution is 2.87. The Morgan fingerprint density at radius 2 is 0.494 bits per heavy atom. The summed E-state index contributed by atoms with van der Waals surface area (Å²) in [6, 6.07) is 10.7. The molecule has 0 N–H and O–H groups in total. The number of para-hydroxylation sites is 1. The van der Waals surface area contributed by atoms with Gasteiger partial charge in [-0.25, -0.2) is 9.59 Å². The molecule has 0 fully saturated rings. The Labute approximate surface area is 419 Å². The molecule has 0 atom stereocenters. The van der Waals surface area contributed by atoms with Crippen LogP contribution in [0.1, 0.15) is 22.3 Å². The van der Waals surface area contributed by atoms with E-state index < -0.39 is 22.9 Å². The molecule has 0 radical (unpaired) electrons. The van der Waals surface area contributed by atoms with Crippen LogP contribution in [0.25, 0.3) is 291 Å². The van der Waals surface area contributed by atoms with Crippen LogP contribution in [-0.2, 0) is 30.0 Å². The van der Waals surface area contributed by atoms with Crippen molar-refractivity contribution in [3.8, 4) is 0 Å². The van der Waals surface area contributed by atoms with E-state index in [1.165, 1.54) is 266 Å². The summed E-state index contributed by atoms with van der Waals surface area (Å²) in [6.45, 7) is 0. The number of benzene rings is 19. The lowest BCUT2D eigenvalue weighted by atomic mass is 9.51. The Bertz CT molecular complexity index is 7610. The molecule has 5 nitrogen and oxygen atoms in total. The number of ether oxygens (including phenoxy) is 2. The third kappa shape index (κ3) is 1.64. The van der Waals surface area contributed by atoms with Gasteiger partial charge in [0.1, 0.15) is 11.2 Å². The second-order valence-corrected chi connectivity index (χ2v) is 26.6. The summed E-state index contributed by atoms with van der Waals surface area (Å²) in [7, 11) is 3.06. The molecule has 34 rings (SSSR count). The second kappa shape index (κ2) is 6.94. The molecule has 0 aromatic heterocycles. The highest BCUT2D eigenvalue weighted by Gasteiger charge is 2.78. The normalized spacial score (nSPS) is 21.5. The summed E-state index contributed by atoms with van der Waals surface area (Å²) in [5.74, 6) is -0.939. The third-order valence-electron chi connectivity index (χ3n) is 26.2. The van der Waals surface area contributed by atoms with Crippen LogP contribution in [0, 0.1) is 0 Å². The predicted octanol–water partition coefficient (Wildman–Crippen LogP) is 17.4. The van der Waals surface area contributed by atoms with E-state index in [1.807, 2.05) is 0 Å². The van der Waals surface area contributed by atoms with E-state index in [2.05, 4.69) is 35.2 Å². The predicted molar refractivity (Wildman–Crippen MR) is 314 cm³/mol. The van der Waals surface area contributed by atoms with Gasteiger partial charge in [-0.1, -0.05) is 18.2 Å². The van der Waals surface area contributed by atoms with Crippen molar-refractivity contribution >= 4 is 308 Å². The zero-order valence-corrected chi connectivity index (χ0v) is 39.5. The number of esters is 2. The van der Waals surface area contributed by atoms with Crippen molar-refractivity contribution < 1.29 is 19.1 Å². The summed E-state index contributed by atoms with van der Waals surface area (Å²) in [6.07, 6.45) is 0. The number of anilines is 1. The molecule has 1 heterocycles. The smallest absolute Gasteiger partial charge is 0.355 e. The second-order valence-electron chi connectivity index (χ2n) is 26.6. The van der Waals surface area contributed by atoms with Crippen LogP contribution < -0.4 is 4.90 Å². The van der Waals surface area contributed by atoms with Crippen molar-refractivity contribution in [3.05, 3.63) is 63.9 Å². The molecule has 5 aliphatic rings. The number of hydrogen-bond donors (Lipinski definition) is 0. The summed E-state index contributed by atoms with van der Waals surface area (Å²) >= 11 is 0. The summed E-state index contributed by atoms with van der Waals surface area (Å²) in [5, 5.41) is 79.8. The average Bonchev–Trinajstić information content (AvgIpc) is 1.58. The van der Waals surface area contributed by atoms with E-state index in [0.29, 0.717) is 11.3 Å². The highest BCUT2D eigenvalue weighted by atomic mass is 16.5. The maximum Gasteiger partial charge on any atom is 0.355 e. The molecule has 2 spiro atoms. The van der Waals surface area contributed by atoms with Gasteiger partial charge in [0.2, 0.25) is 0 Å². The van der Waals surface area contributed by atoms with Crippen molar-refractivity contribution in [2.24, 2.45) is 0 Å². The van der Waals surface area contributed by atoms with Crippen LogP contribution in [0.4, 0.5) is 5.69 Å². The summed E-state index contributed by atoms with van der Waals surface area (Å²) in [5.41, 5.74) is 4.49. The maximum absolute atomic E-state index is 16.4. The molecule has 0 amide bonds. The van der Waals surface area contributed by atoms with Crippen LogP contribution in [0.2, 0.25) is 0 Å². The fraction of sp³-hybridized carbons (Fsp3) is 0.0556. The van der Waals surface area contributed by atoms with Crippen LogP contribution in [0.3, 0.4) is 0 Å². The van der Waals surface area contributed by atoms with Crippen molar-refractivity contribution in [2.45, 2.75) is 11.0 Å². The largest absolute Gasteiger partial charge is 0.466 e. The van der Waals surface area contributed by atoms with Gasteiger partial charge in [-0.05, 0) is 314 Å². The van der Waals surface area contributed by atoms with Crippen molar-refractivity contribution in [3.63, 3.8) is 0 Å². The number of carbonyl (C=O) groups is 2. The lowest BCUT2D eigenvalue weighted by molar-refractivity contribution is -0.139. The molecule has 29 aromatic carbocycles. The molecule has 4 aliphatic carbocycles. The van der Waals surface area contributed by atoms with Crippen molar-refractivity contribution in [2.75, 3.05) is 19.1 Å². The van der Waals surface area contributed by atoms with E-state index in [4.69, 9.17) is 9.47 Å². The van der Waals surface area contributed by atoms with Gasteiger partial charge in [-0.2, -0.15) is 0 Å². The molecule has 0 unspecified atom stereocenters. The molecule has 0 saturated carbocycles. The van der Waals surface area contributed by atoms with Gasteiger partial charge >= 0.3 is 11.9 Å². The minimum absolute atomic E-state index is 0.320. The molecular weight excluding hydrogens is 943 g/mol. The van der Waals surface area contributed by atoms with Gasteiger partial charge < -0.3 is 14.4 Å². The third-order valence-corrected chi connectivity index (χ3v) is 26.2. The average molecular weight is 954 g/mol.